The van der Waals surface area contributed by atoms with E-state index in [0.29, 0.717) is 29.4 Å². The summed E-state index contributed by atoms with van der Waals surface area (Å²) in [7, 11) is 1.55. The molecule has 0 bridgehead atoms. The molecule has 0 fully saturated rings. The van der Waals surface area contributed by atoms with E-state index < -0.39 is 17.8 Å². The summed E-state index contributed by atoms with van der Waals surface area (Å²) >= 11 is 0. The maximum atomic E-state index is 12.8. The van der Waals surface area contributed by atoms with Crippen molar-refractivity contribution in [2.45, 2.75) is 25.7 Å². The molecule has 1 unspecified atom stereocenters. The molecule has 0 amide bonds. The number of methoxy groups -OCH3 is 1. The first-order valence-corrected chi connectivity index (χ1v) is 8.83. The highest BCUT2D eigenvalue weighted by Gasteiger charge is 2.30. The Kier molecular flexibility index (Phi) is 7.69. The number of aliphatic hydroxyl groups is 1. The highest BCUT2D eigenvalue weighted by molar-refractivity contribution is 5.79. The Hall–Kier alpha value is -2.74. The smallest absolute Gasteiger partial charge is 0.416 e. The van der Waals surface area contributed by atoms with Gasteiger partial charge < -0.3 is 20.5 Å². The van der Waals surface area contributed by atoms with E-state index in [2.05, 4.69) is 15.6 Å². The molecule has 3 N–H and O–H groups in total. The van der Waals surface area contributed by atoms with Crippen molar-refractivity contribution >= 4 is 5.96 Å². The number of benzene rings is 2. The molecule has 0 aliphatic heterocycles. The minimum atomic E-state index is -4.39. The second-order valence-electron chi connectivity index (χ2n) is 6.07. The van der Waals surface area contributed by atoms with Crippen LogP contribution in [0.2, 0.25) is 0 Å². The van der Waals surface area contributed by atoms with Crippen LogP contribution in [0.15, 0.2) is 53.5 Å². The summed E-state index contributed by atoms with van der Waals surface area (Å²) in [5.74, 6) is 1.04. The highest BCUT2D eigenvalue weighted by Crippen LogP contribution is 2.29. The molecule has 1 atom stereocenters. The molecule has 0 aromatic heterocycles. The number of halogens is 3. The zero-order valence-corrected chi connectivity index (χ0v) is 15.8. The summed E-state index contributed by atoms with van der Waals surface area (Å²) in [6, 6.07) is 12.1. The Morgan fingerprint density at radius 1 is 1.14 bits per heavy atom. The van der Waals surface area contributed by atoms with Gasteiger partial charge in [0.1, 0.15) is 5.75 Å². The number of rotatable bonds is 7. The van der Waals surface area contributed by atoms with Gasteiger partial charge in [0.2, 0.25) is 0 Å². The van der Waals surface area contributed by atoms with Crippen molar-refractivity contribution < 1.29 is 23.0 Å². The zero-order valence-electron chi connectivity index (χ0n) is 15.8. The van der Waals surface area contributed by atoms with Gasteiger partial charge in [0.15, 0.2) is 5.96 Å². The van der Waals surface area contributed by atoms with Crippen LogP contribution in [0.4, 0.5) is 13.2 Å². The van der Waals surface area contributed by atoms with E-state index in [1.807, 2.05) is 6.92 Å². The zero-order chi connectivity index (χ0) is 20.6. The van der Waals surface area contributed by atoms with Gasteiger partial charge in [-0.3, -0.25) is 0 Å². The van der Waals surface area contributed by atoms with Crippen LogP contribution in [0.3, 0.4) is 0 Å². The second kappa shape index (κ2) is 9.98. The number of ether oxygens (including phenoxy) is 1. The topological polar surface area (TPSA) is 65.9 Å². The van der Waals surface area contributed by atoms with Crippen LogP contribution in [0.1, 0.15) is 29.7 Å². The van der Waals surface area contributed by atoms with E-state index in [1.54, 1.807) is 37.4 Å². The lowest BCUT2D eigenvalue weighted by atomic mass is 10.1. The molecule has 0 saturated heterocycles. The van der Waals surface area contributed by atoms with Gasteiger partial charge >= 0.3 is 6.18 Å². The van der Waals surface area contributed by atoms with Crippen molar-refractivity contribution in [2.75, 3.05) is 20.2 Å². The largest absolute Gasteiger partial charge is 0.497 e. The van der Waals surface area contributed by atoms with Crippen molar-refractivity contribution in [2.24, 2.45) is 4.99 Å². The number of alkyl halides is 3. The Balaban J connectivity index is 2.02. The van der Waals surface area contributed by atoms with E-state index in [0.717, 1.165) is 12.1 Å². The number of hydrogen-bond acceptors (Lipinski definition) is 3. The summed E-state index contributed by atoms with van der Waals surface area (Å²) in [4.78, 5) is 4.30. The average molecular weight is 395 g/mol. The fraction of sp³-hybridized carbons (Fsp3) is 0.350. The number of nitrogens with one attached hydrogen (secondary N) is 2. The van der Waals surface area contributed by atoms with Gasteiger partial charge in [-0.2, -0.15) is 13.2 Å². The van der Waals surface area contributed by atoms with Crippen LogP contribution in [0.5, 0.6) is 5.75 Å². The van der Waals surface area contributed by atoms with Gasteiger partial charge in [-0.05, 0) is 42.3 Å². The lowest BCUT2D eigenvalue weighted by Crippen LogP contribution is -2.39. The monoisotopic (exact) mass is 395 g/mol. The molecule has 2 aromatic carbocycles. The van der Waals surface area contributed by atoms with Gasteiger partial charge in [0.25, 0.3) is 0 Å². The van der Waals surface area contributed by atoms with Crippen LogP contribution >= 0.6 is 0 Å². The maximum Gasteiger partial charge on any atom is 0.416 e. The quantitative estimate of drug-likeness (QED) is 0.496. The van der Waals surface area contributed by atoms with Gasteiger partial charge in [0, 0.05) is 13.1 Å². The number of guanidine groups is 1. The van der Waals surface area contributed by atoms with E-state index in [9.17, 15) is 18.3 Å². The molecule has 0 aliphatic rings. The van der Waals surface area contributed by atoms with E-state index >= 15 is 0 Å². The number of hydrogen-bond donors (Lipinski definition) is 3. The minimum Gasteiger partial charge on any atom is -0.497 e. The molecule has 5 nitrogen and oxygen atoms in total. The maximum absolute atomic E-state index is 12.8. The highest BCUT2D eigenvalue weighted by atomic mass is 19.4. The van der Waals surface area contributed by atoms with Crippen LogP contribution in [0.25, 0.3) is 0 Å². The molecule has 28 heavy (non-hydrogen) atoms. The molecule has 0 spiro atoms. The summed E-state index contributed by atoms with van der Waals surface area (Å²) in [6.07, 6.45) is -5.18. The van der Waals surface area contributed by atoms with Gasteiger partial charge in [0.05, 0.1) is 25.3 Å². The van der Waals surface area contributed by atoms with Crippen LogP contribution in [-0.4, -0.2) is 31.3 Å². The van der Waals surface area contributed by atoms with Crippen molar-refractivity contribution in [3.63, 3.8) is 0 Å². The molecular weight excluding hydrogens is 371 g/mol. The van der Waals surface area contributed by atoms with Gasteiger partial charge in [-0.25, -0.2) is 4.99 Å². The molecule has 152 valence electrons. The van der Waals surface area contributed by atoms with Crippen LogP contribution < -0.4 is 15.4 Å². The van der Waals surface area contributed by atoms with E-state index in [1.165, 1.54) is 6.07 Å². The lowest BCUT2D eigenvalue weighted by molar-refractivity contribution is -0.137. The van der Waals surface area contributed by atoms with Crippen molar-refractivity contribution in [1.82, 2.24) is 10.6 Å². The summed E-state index contributed by atoms with van der Waals surface area (Å²) in [5.41, 5.74) is 0.424. The molecule has 0 aliphatic carbocycles. The molecule has 2 aromatic rings. The average Bonchev–Trinajstić information content (AvgIpc) is 2.69. The summed E-state index contributed by atoms with van der Waals surface area (Å²) < 4.78 is 43.6. The molecule has 8 heteroatoms. The normalized spacial score (nSPS) is 13.1. The summed E-state index contributed by atoms with van der Waals surface area (Å²) in [5, 5.41) is 16.3. The van der Waals surface area contributed by atoms with Crippen LogP contribution in [0, 0.1) is 0 Å². The Morgan fingerprint density at radius 3 is 2.57 bits per heavy atom. The van der Waals surface area contributed by atoms with Crippen molar-refractivity contribution in [1.29, 1.82) is 0 Å². The molecule has 0 heterocycles. The third-order valence-electron chi connectivity index (χ3n) is 3.96. The Morgan fingerprint density at radius 2 is 1.89 bits per heavy atom. The van der Waals surface area contributed by atoms with E-state index in [-0.39, 0.29) is 13.1 Å². The number of nitrogens with zero attached hydrogens (tertiary/aromatic N) is 1. The number of aliphatic imine (C=N–C) groups is 1. The third kappa shape index (κ3) is 6.45. The summed E-state index contributed by atoms with van der Waals surface area (Å²) in [6.45, 7) is 2.71. The van der Waals surface area contributed by atoms with Crippen molar-refractivity contribution in [3.8, 4) is 5.75 Å². The minimum absolute atomic E-state index is 0.0779. The van der Waals surface area contributed by atoms with Gasteiger partial charge in [-0.1, -0.05) is 24.3 Å². The predicted octanol–water partition coefficient (Wildman–Crippen LogP) is 3.50. The SMILES string of the molecule is CCNC(=NCc1cccc(C(F)(F)F)c1)NCC(O)c1cccc(OC)c1. The molecular formula is C20H24F3N3O2. The number of aliphatic hydroxyl groups excluding tert-OH is 1. The Labute approximate surface area is 162 Å². The lowest BCUT2D eigenvalue weighted by Gasteiger charge is -2.16. The predicted molar refractivity (Wildman–Crippen MR) is 102 cm³/mol. The second-order valence-corrected chi connectivity index (χ2v) is 6.07. The van der Waals surface area contributed by atoms with Gasteiger partial charge in [-0.15, -0.1) is 0 Å². The van der Waals surface area contributed by atoms with Crippen LogP contribution in [-0.2, 0) is 12.7 Å². The standard InChI is InChI=1S/C20H24F3N3O2/c1-3-24-19(25-12-14-6-4-8-16(10-14)20(21,22)23)26-13-18(27)15-7-5-9-17(11-15)28-2/h4-11,18,27H,3,12-13H2,1-2H3,(H2,24,25,26). The first kappa shape index (κ1) is 21.6. The first-order valence-electron chi connectivity index (χ1n) is 8.83. The molecule has 2 rings (SSSR count). The molecule has 0 radical (unpaired) electrons. The third-order valence-corrected chi connectivity index (χ3v) is 3.96. The fourth-order valence-electron chi connectivity index (χ4n) is 2.52. The first-order chi connectivity index (χ1) is 13.3. The fourth-order valence-corrected chi connectivity index (χ4v) is 2.52. The van der Waals surface area contributed by atoms with Crippen molar-refractivity contribution in [3.05, 3.63) is 65.2 Å². The van der Waals surface area contributed by atoms with E-state index in [4.69, 9.17) is 4.74 Å². The molecule has 0 saturated carbocycles. The Bertz CT molecular complexity index is 794.